The molecule has 2 aromatic heterocycles. The Labute approximate surface area is 165 Å². The second-order valence-corrected chi connectivity index (χ2v) is 7.74. The molecular weight excluding hydrogens is 356 g/mol. The standard InChI is InChI=1S/C21H28N4O3/c26-18(19-8-6-14-28-19)15-16-7-2-1-3-13-25(16)21(27)17-9-10-20(23-22-17)24-11-4-5-12-24/h6,8-10,14,16,18,26H,1-5,7,11-13,15H2. The molecule has 1 amide bonds. The fraction of sp³-hybridized carbons (Fsp3) is 0.571. The molecule has 4 heterocycles. The number of anilines is 1. The van der Waals surface area contributed by atoms with Gasteiger partial charge in [0.15, 0.2) is 11.5 Å². The van der Waals surface area contributed by atoms with Gasteiger partial charge in [-0.15, -0.1) is 10.2 Å². The van der Waals surface area contributed by atoms with Gasteiger partial charge in [0.05, 0.1) is 6.26 Å². The number of carbonyl (C=O) groups is 1. The van der Waals surface area contributed by atoms with Gasteiger partial charge in [-0.25, -0.2) is 0 Å². The van der Waals surface area contributed by atoms with E-state index in [9.17, 15) is 9.90 Å². The largest absolute Gasteiger partial charge is 0.467 e. The zero-order chi connectivity index (χ0) is 19.3. The van der Waals surface area contributed by atoms with Gasteiger partial charge in [-0.3, -0.25) is 4.79 Å². The zero-order valence-corrected chi connectivity index (χ0v) is 16.2. The first-order chi connectivity index (χ1) is 13.7. The third kappa shape index (κ3) is 4.19. The van der Waals surface area contributed by atoms with E-state index in [1.165, 1.54) is 12.8 Å². The first kappa shape index (κ1) is 18.9. The van der Waals surface area contributed by atoms with Crippen molar-refractivity contribution in [2.24, 2.45) is 0 Å². The number of nitrogens with zero attached hydrogens (tertiary/aromatic N) is 4. The maximum Gasteiger partial charge on any atom is 0.274 e. The molecule has 7 heteroatoms. The van der Waals surface area contributed by atoms with Crippen molar-refractivity contribution in [3.63, 3.8) is 0 Å². The Morgan fingerprint density at radius 3 is 2.64 bits per heavy atom. The molecule has 2 fully saturated rings. The Balaban J connectivity index is 1.47. The second-order valence-electron chi connectivity index (χ2n) is 7.74. The quantitative estimate of drug-likeness (QED) is 0.853. The molecule has 1 N–H and O–H groups in total. The summed E-state index contributed by atoms with van der Waals surface area (Å²) in [6.07, 6.45) is 7.67. The lowest BCUT2D eigenvalue weighted by Crippen LogP contribution is -2.41. The van der Waals surface area contributed by atoms with E-state index in [1.54, 1.807) is 24.5 Å². The molecule has 0 saturated carbocycles. The summed E-state index contributed by atoms with van der Waals surface area (Å²) < 4.78 is 5.33. The normalized spacial score (nSPS) is 21.5. The summed E-state index contributed by atoms with van der Waals surface area (Å²) in [5.74, 6) is 1.29. The van der Waals surface area contributed by atoms with E-state index in [0.29, 0.717) is 24.4 Å². The van der Waals surface area contributed by atoms with Crippen molar-refractivity contribution in [2.75, 3.05) is 24.5 Å². The van der Waals surface area contributed by atoms with E-state index in [0.717, 1.165) is 44.6 Å². The summed E-state index contributed by atoms with van der Waals surface area (Å²) in [6, 6.07) is 7.20. The van der Waals surface area contributed by atoms with Crippen LogP contribution in [0.3, 0.4) is 0 Å². The maximum absolute atomic E-state index is 13.2. The molecule has 2 aromatic rings. The summed E-state index contributed by atoms with van der Waals surface area (Å²) in [5.41, 5.74) is 0.377. The van der Waals surface area contributed by atoms with Crippen LogP contribution in [0.5, 0.6) is 0 Å². The summed E-state index contributed by atoms with van der Waals surface area (Å²) in [4.78, 5) is 17.2. The monoisotopic (exact) mass is 384 g/mol. The maximum atomic E-state index is 13.2. The number of likely N-dealkylation sites (tertiary alicyclic amines) is 1. The number of carbonyl (C=O) groups excluding carboxylic acids is 1. The number of aromatic nitrogens is 2. The van der Waals surface area contributed by atoms with Crippen molar-refractivity contribution in [3.05, 3.63) is 42.0 Å². The number of hydrogen-bond acceptors (Lipinski definition) is 6. The van der Waals surface area contributed by atoms with Crippen molar-refractivity contribution in [1.29, 1.82) is 0 Å². The average molecular weight is 384 g/mol. The van der Waals surface area contributed by atoms with Crippen LogP contribution in [-0.2, 0) is 0 Å². The molecule has 7 nitrogen and oxygen atoms in total. The number of amides is 1. The van der Waals surface area contributed by atoms with Gasteiger partial charge in [0.2, 0.25) is 0 Å². The van der Waals surface area contributed by atoms with Gasteiger partial charge in [-0.05, 0) is 49.9 Å². The third-order valence-corrected chi connectivity index (χ3v) is 5.80. The highest BCUT2D eigenvalue weighted by atomic mass is 16.4. The van der Waals surface area contributed by atoms with Crippen LogP contribution in [0.25, 0.3) is 0 Å². The van der Waals surface area contributed by atoms with Gasteiger partial charge >= 0.3 is 0 Å². The van der Waals surface area contributed by atoms with Crippen LogP contribution < -0.4 is 4.90 Å². The van der Waals surface area contributed by atoms with E-state index in [4.69, 9.17) is 4.42 Å². The molecule has 4 rings (SSSR count). The minimum Gasteiger partial charge on any atom is -0.467 e. The van der Waals surface area contributed by atoms with Gasteiger partial charge < -0.3 is 19.3 Å². The molecular formula is C21H28N4O3. The van der Waals surface area contributed by atoms with Crippen LogP contribution in [0.2, 0.25) is 0 Å². The van der Waals surface area contributed by atoms with Crippen molar-refractivity contribution in [3.8, 4) is 0 Å². The average Bonchev–Trinajstić information content (AvgIpc) is 3.40. The first-order valence-electron chi connectivity index (χ1n) is 10.3. The minimum absolute atomic E-state index is 0.0323. The Morgan fingerprint density at radius 1 is 1.11 bits per heavy atom. The fourth-order valence-corrected chi connectivity index (χ4v) is 4.25. The topological polar surface area (TPSA) is 82.7 Å². The van der Waals surface area contributed by atoms with Crippen LogP contribution in [0.1, 0.15) is 67.3 Å². The first-order valence-corrected chi connectivity index (χ1v) is 10.3. The fourth-order valence-electron chi connectivity index (χ4n) is 4.25. The third-order valence-electron chi connectivity index (χ3n) is 5.80. The number of furan rings is 1. The van der Waals surface area contributed by atoms with Crippen LogP contribution in [0.4, 0.5) is 5.82 Å². The van der Waals surface area contributed by atoms with E-state index in [2.05, 4.69) is 15.1 Å². The molecule has 0 spiro atoms. The summed E-state index contributed by atoms with van der Waals surface area (Å²) in [6.45, 7) is 2.69. The molecule has 150 valence electrons. The number of aliphatic hydroxyl groups excluding tert-OH is 1. The molecule has 0 aromatic carbocycles. The number of rotatable bonds is 5. The van der Waals surface area contributed by atoms with E-state index < -0.39 is 6.10 Å². The summed E-state index contributed by atoms with van der Waals surface area (Å²) in [7, 11) is 0. The highest BCUT2D eigenvalue weighted by molar-refractivity contribution is 5.92. The van der Waals surface area contributed by atoms with Gasteiger partial charge in [0, 0.05) is 32.1 Å². The lowest BCUT2D eigenvalue weighted by molar-refractivity contribution is 0.0551. The predicted octanol–water partition coefficient (Wildman–Crippen LogP) is 3.18. The van der Waals surface area contributed by atoms with E-state index in [-0.39, 0.29) is 11.9 Å². The SMILES string of the molecule is O=C(c1ccc(N2CCCC2)nn1)N1CCCCCC1CC(O)c1ccco1. The Morgan fingerprint density at radius 2 is 1.93 bits per heavy atom. The van der Waals surface area contributed by atoms with Crippen LogP contribution in [-0.4, -0.2) is 51.8 Å². The lowest BCUT2D eigenvalue weighted by atomic mass is 10.0. The molecule has 28 heavy (non-hydrogen) atoms. The van der Waals surface area contributed by atoms with Crippen molar-refractivity contribution in [2.45, 2.75) is 57.1 Å². The molecule has 2 unspecified atom stereocenters. The molecule has 2 aliphatic heterocycles. The van der Waals surface area contributed by atoms with E-state index >= 15 is 0 Å². The second kappa shape index (κ2) is 8.73. The molecule has 0 aliphatic carbocycles. The van der Waals surface area contributed by atoms with Crippen molar-refractivity contribution < 1.29 is 14.3 Å². The number of aliphatic hydroxyl groups is 1. The van der Waals surface area contributed by atoms with Gasteiger partial charge in [-0.1, -0.05) is 12.8 Å². The van der Waals surface area contributed by atoms with Crippen LogP contribution >= 0.6 is 0 Å². The van der Waals surface area contributed by atoms with Crippen LogP contribution in [0, 0.1) is 0 Å². The summed E-state index contributed by atoms with van der Waals surface area (Å²) >= 11 is 0. The minimum atomic E-state index is -0.711. The highest BCUT2D eigenvalue weighted by Crippen LogP contribution is 2.28. The highest BCUT2D eigenvalue weighted by Gasteiger charge is 2.30. The Kier molecular flexibility index (Phi) is 5.90. The molecule has 2 aliphatic rings. The molecule has 0 bridgehead atoms. The molecule has 2 atom stereocenters. The smallest absolute Gasteiger partial charge is 0.274 e. The van der Waals surface area contributed by atoms with Gasteiger partial charge in [-0.2, -0.15) is 0 Å². The molecule has 2 saturated heterocycles. The summed E-state index contributed by atoms with van der Waals surface area (Å²) in [5, 5.41) is 19.0. The zero-order valence-electron chi connectivity index (χ0n) is 16.2. The Hall–Kier alpha value is -2.41. The van der Waals surface area contributed by atoms with Crippen molar-refractivity contribution in [1.82, 2.24) is 15.1 Å². The van der Waals surface area contributed by atoms with Gasteiger partial charge in [0.25, 0.3) is 5.91 Å². The number of hydrogen-bond donors (Lipinski definition) is 1. The Bertz CT molecular complexity index is 756. The van der Waals surface area contributed by atoms with Crippen LogP contribution in [0.15, 0.2) is 34.9 Å². The van der Waals surface area contributed by atoms with E-state index in [1.807, 2.05) is 11.0 Å². The predicted molar refractivity (Wildman–Crippen MR) is 105 cm³/mol. The van der Waals surface area contributed by atoms with Crippen molar-refractivity contribution >= 4 is 11.7 Å². The molecule has 0 radical (unpaired) electrons. The van der Waals surface area contributed by atoms with Gasteiger partial charge in [0.1, 0.15) is 11.9 Å². The lowest BCUT2D eigenvalue weighted by Gasteiger charge is -2.31.